The van der Waals surface area contributed by atoms with Gasteiger partial charge < -0.3 is 0 Å². The van der Waals surface area contributed by atoms with Gasteiger partial charge in [-0.25, -0.2) is 0 Å². The molecule has 1 heterocycles. The third-order valence-electron chi connectivity index (χ3n) is 1.78. The normalized spacial score (nSPS) is 10.9. The summed E-state index contributed by atoms with van der Waals surface area (Å²) in [7, 11) is 0. The number of fused-ring (bicyclic) bond motifs is 1. The fourth-order valence-electron chi connectivity index (χ4n) is 1.24. The number of hydrogen-bond donors (Lipinski definition) is 0. The van der Waals surface area contributed by atoms with Crippen LogP contribution in [-0.2, 0) is 0 Å². The Morgan fingerprint density at radius 3 is 2.75 bits per heavy atom. The molecule has 1 aromatic carbocycles. The fourth-order valence-corrected chi connectivity index (χ4v) is 4.91. The molecule has 0 spiro atoms. The molecule has 0 fully saturated rings. The Kier molecular flexibility index (Phi) is 2.62. The first-order valence-electron chi connectivity index (χ1n) is 3.51. The van der Waals surface area contributed by atoms with Gasteiger partial charge in [0, 0.05) is 17.2 Å². The molecule has 0 unspecified atom stereocenters. The summed E-state index contributed by atoms with van der Waals surface area (Å²) in [6.07, 6.45) is 0. The predicted molar refractivity (Wildman–Crippen MR) is 72.0 cm³/mol. The van der Waals surface area contributed by atoms with Crippen molar-refractivity contribution >= 4 is 66.6 Å². The zero-order valence-corrected chi connectivity index (χ0v) is 11.5. The molecule has 0 atom stereocenters. The molecule has 0 amide bonds. The molecular weight excluding hydrogens is 394 g/mol. The third kappa shape index (κ3) is 1.50. The van der Waals surface area contributed by atoms with Gasteiger partial charge >= 0.3 is 0 Å². The maximum atomic E-state index is 2.41. The summed E-state index contributed by atoms with van der Waals surface area (Å²) in [6, 6.07) is 4.47. The SMILES string of the molecule is Cc1csc2cc(I)cc(I)c12. The zero-order chi connectivity index (χ0) is 8.72. The Hall–Kier alpha value is 0.640. The number of hydrogen-bond acceptors (Lipinski definition) is 1. The van der Waals surface area contributed by atoms with Gasteiger partial charge in [-0.15, -0.1) is 11.3 Å². The van der Waals surface area contributed by atoms with E-state index < -0.39 is 0 Å². The van der Waals surface area contributed by atoms with Crippen LogP contribution in [0.25, 0.3) is 10.1 Å². The van der Waals surface area contributed by atoms with Crippen LogP contribution in [0.3, 0.4) is 0 Å². The minimum absolute atomic E-state index is 1.33. The van der Waals surface area contributed by atoms with E-state index in [1.807, 2.05) is 11.3 Å². The number of aryl methyl sites for hydroxylation is 1. The summed E-state index contributed by atoms with van der Waals surface area (Å²) in [5.41, 5.74) is 1.40. The molecule has 0 N–H and O–H groups in total. The molecule has 0 aliphatic heterocycles. The highest BCUT2D eigenvalue weighted by molar-refractivity contribution is 14.1. The topological polar surface area (TPSA) is 0 Å². The number of halogens is 2. The Morgan fingerprint density at radius 1 is 1.25 bits per heavy atom. The standard InChI is InChI=1S/C9H6I2S/c1-5-4-12-8-3-6(10)2-7(11)9(5)8/h2-4H,1H3. The average molecular weight is 400 g/mol. The molecule has 12 heavy (non-hydrogen) atoms. The minimum Gasteiger partial charge on any atom is -0.143 e. The molecular formula is C9H6I2S. The van der Waals surface area contributed by atoms with Gasteiger partial charge in [0.1, 0.15) is 0 Å². The smallest absolute Gasteiger partial charge is 0.0366 e. The minimum atomic E-state index is 1.33. The second kappa shape index (κ2) is 3.42. The lowest BCUT2D eigenvalue weighted by Gasteiger charge is -1.97. The lowest BCUT2D eigenvalue weighted by atomic mass is 10.2. The summed E-state index contributed by atoms with van der Waals surface area (Å²) in [5, 5.41) is 3.66. The van der Waals surface area contributed by atoms with E-state index in [-0.39, 0.29) is 0 Å². The van der Waals surface area contributed by atoms with Gasteiger partial charge in [-0.1, -0.05) is 0 Å². The van der Waals surface area contributed by atoms with E-state index in [9.17, 15) is 0 Å². The van der Waals surface area contributed by atoms with Crippen LogP contribution in [0, 0.1) is 14.1 Å². The van der Waals surface area contributed by atoms with Crippen molar-refractivity contribution in [1.29, 1.82) is 0 Å². The maximum absolute atomic E-state index is 2.41. The Bertz CT molecular complexity index is 431. The van der Waals surface area contributed by atoms with Crippen molar-refractivity contribution in [3.8, 4) is 0 Å². The van der Waals surface area contributed by atoms with Crippen LogP contribution in [0.15, 0.2) is 17.5 Å². The molecule has 0 saturated carbocycles. The molecule has 62 valence electrons. The molecule has 2 rings (SSSR count). The first-order chi connectivity index (χ1) is 5.68. The Balaban J connectivity index is 2.93. The summed E-state index contributed by atoms with van der Waals surface area (Å²) < 4.78 is 4.10. The van der Waals surface area contributed by atoms with Crippen LogP contribution >= 0.6 is 56.5 Å². The van der Waals surface area contributed by atoms with Crippen molar-refractivity contribution in [2.24, 2.45) is 0 Å². The van der Waals surface area contributed by atoms with E-state index >= 15 is 0 Å². The van der Waals surface area contributed by atoms with E-state index in [0.29, 0.717) is 0 Å². The molecule has 0 aliphatic carbocycles. The van der Waals surface area contributed by atoms with Crippen LogP contribution in [0.4, 0.5) is 0 Å². The van der Waals surface area contributed by atoms with Crippen molar-refractivity contribution in [3.63, 3.8) is 0 Å². The first-order valence-corrected chi connectivity index (χ1v) is 6.55. The quantitative estimate of drug-likeness (QED) is 0.575. The number of thiophene rings is 1. The Labute approximate surface area is 103 Å². The highest BCUT2D eigenvalue weighted by Crippen LogP contribution is 2.31. The van der Waals surface area contributed by atoms with Gasteiger partial charge in [-0.2, -0.15) is 0 Å². The Morgan fingerprint density at radius 2 is 2.00 bits per heavy atom. The van der Waals surface area contributed by atoms with Crippen LogP contribution in [0.5, 0.6) is 0 Å². The van der Waals surface area contributed by atoms with E-state index in [2.05, 4.69) is 69.6 Å². The van der Waals surface area contributed by atoms with Crippen molar-refractivity contribution in [2.45, 2.75) is 6.92 Å². The third-order valence-corrected chi connectivity index (χ3v) is 4.30. The van der Waals surface area contributed by atoms with Crippen LogP contribution in [0.2, 0.25) is 0 Å². The molecule has 2 aromatic rings. The van der Waals surface area contributed by atoms with Crippen LogP contribution in [-0.4, -0.2) is 0 Å². The highest BCUT2D eigenvalue weighted by Gasteiger charge is 2.04. The zero-order valence-electron chi connectivity index (χ0n) is 6.40. The summed E-state index contributed by atoms with van der Waals surface area (Å²) >= 11 is 6.61. The molecule has 0 saturated heterocycles. The number of rotatable bonds is 0. The van der Waals surface area contributed by atoms with Gasteiger partial charge in [0.25, 0.3) is 0 Å². The molecule has 0 aliphatic rings. The van der Waals surface area contributed by atoms with Gasteiger partial charge in [-0.05, 0) is 75.2 Å². The monoisotopic (exact) mass is 400 g/mol. The summed E-state index contributed by atoms with van der Waals surface area (Å²) in [5.74, 6) is 0. The predicted octanol–water partition coefficient (Wildman–Crippen LogP) is 4.42. The summed E-state index contributed by atoms with van der Waals surface area (Å²) in [6.45, 7) is 2.17. The highest BCUT2D eigenvalue weighted by atomic mass is 127. The van der Waals surface area contributed by atoms with E-state index in [0.717, 1.165) is 0 Å². The maximum Gasteiger partial charge on any atom is 0.0366 e. The van der Waals surface area contributed by atoms with E-state index in [1.165, 1.54) is 22.8 Å². The second-order valence-corrected chi connectivity index (χ2v) is 6.00. The van der Waals surface area contributed by atoms with Crippen LogP contribution < -0.4 is 0 Å². The first kappa shape index (κ1) is 9.21. The van der Waals surface area contributed by atoms with Crippen molar-refractivity contribution in [3.05, 3.63) is 30.2 Å². The largest absolute Gasteiger partial charge is 0.143 e. The van der Waals surface area contributed by atoms with Gasteiger partial charge in [0.05, 0.1) is 0 Å². The van der Waals surface area contributed by atoms with Crippen molar-refractivity contribution < 1.29 is 0 Å². The second-order valence-electron chi connectivity index (χ2n) is 2.68. The lowest BCUT2D eigenvalue weighted by molar-refractivity contribution is 1.57. The van der Waals surface area contributed by atoms with E-state index in [4.69, 9.17) is 0 Å². The van der Waals surface area contributed by atoms with Crippen LogP contribution in [0.1, 0.15) is 5.56 Å². The molecule has 0 bridgehead atoms. The van der Waals surface area contributed by atoms with Crippen molar-refractivity contribution in [1.82, 2.24) is 0 Å². The lowest BCUT2D eigenvalue weighted by Crippen LogP contribution is -1.77. The summed E-state index contributed by atoms with van der Waals surface area (Å²) in [4.78, 5) is 0. The number of benzene rings is 1. The molecule has 1 aromatic heterocycles. The van der Waals surface area contributed by atoms with Gasteiger partial charge in [0.2, 0.25) is 0 Å². The molecule has 0 radical (unpaired) electrons. The average Bonchev–Trinajstić information content (AvgIpc) is 2.31. The van der Waals surface area contributed by atoms with Crippen molar-refractivity contribution in [2.75, 3.05) is 0 Å². The van der Waals surface area contributed by atoms with E-state index in [1.54, 1.807) is 0 Å². The van der Waals surface area contributed by atoms with Gasteiger partial charge in [0.15, 0.2) is 0 Å². The fraction of sp³-hybridized carbons (Fsp3) is 0.111. The molecule has 0 nitrogen and oxygen atoms in total. The molecule has 3 heteroatoms. The van der Waals surface area contributed by atoms with Gasteiger partial charge in [-0.3, -0.25) is 0 Å².